The van der Waals surface area contributed by atoms with Gasteiger partial charge in [-0.25, -0.2) is 0 Å². The Hall–Kier alpha value is -0.630. The van der Waals surface area contributed by atoms with Crippen molar-refractivity contribution >= 4 is 5.78 Å². The minimum absolute atomic E-state index is 0.0338. The van der Waals surface area contributed by atoms with Crippen LogP contribution in [-0.4, -0.2) is 17.0 Å². The Bertz CT molecular complexity index is 232. The average Bonchev–Trinajstić information content (AvgIpc) is 2.41. The van der Waals surface area contributed by atoms with Gasteiger partial charge in [-0.1, -0.05) is 6.08 Å². The second-order valence-corrected chi connectivity index (χ2v) is 3.94. The van der Waals surface area contributed by atoms with Crippen molar-refractivity contribution in [2.24, 2.45) is 5.41 Å². The number of hydrogen-bond acceptors (Lipinski definition) is 2. The van der Waals surface area contributed by atoms with E-state index in [1.165, 1.54) is 0 Å². The maximum absolute atomic E-state index is 10.9. The maximum atomic E-state index is 10.9. The number of ketones is 1. The summed E-state index contributed by atoms with van der Waals surface area (Å²) in [5.74, 6) is 0.208. The first-order valence-corrected chi connectivity index (χ1v) is 4.63. The van der Waals surface area contributed by atoms with Gasteiger partial charge in [-0.15, -0.1) is 0 Å². The van der Waals surface area contributed by atoms with E-state index in [4.69, 9.17) is 0 Å². The van der Waals surface area contributed by atoms with E-state index in [0.717, 1.165) is 25.7 Å². The highest BCUT2D eigenvalue weighted by atomic mass is 16.3. The molecule has 0 bridgehead atoms. The fourth-order valence-electron chi connectivity index (χ4n) is 2.35. The summed E-state index contributed by atoms with van der Waals surface area (Å²) in [6.45, 7) is 0. The molecule has 0 radical (unpaired) electrons. The zero-order valence-corrected chi connectivity index (χ0v) is 7.12. The molecule has 1 spiro atoms. The highest BCUT2D eigenvalue weighted by Gasteiger charge is 2.41. The molecule has 1 fully saturated rings. The summed E-state index contributed by atoms with van der Waals surface area (Å²) in [5.41, 5.74) is -0.0338. The lowest BCUT2D eigenvalue weighted by atomic mass is 9.76. The van der Waals surface area contributed by atoms with Crippen molar-refractivity contribution in [3.63, 3.8) is 0 Å². The van der Waals surface area contributed by atoms with E-state index in [-0.39, 0.29) is 17.3 Å². The topological polar surface area (TPSA) is 37.3 Å². The van der Waals surface area contributed by atoms with Gasteiger partial charge < -0.3 is 5.11 Å². The van der Waals surface area contributed by atoms with Crippen molar-refractivity contribution in [3.8, 4) is 0 Å². The van der Waals surface area contributed by atoms with Crippen LogP contribution < -0.4 is 0 Å². The first-order valence-electron chi connectivity index (χ1n) is 4.63. The second kappa shape index (κ2) is 2.70. The van der Waals surface area contributed by atoms with E-state index in [1.54, 1.807) is 6.08 Å². The number of carbonyl (C=O) groups is 1. The molecular formula is C10H14O2. The summed E-state index contributed by atoms with van der Waals surface area (Å²) >= 11 is 0. The minimum atomic E-state index is -0.207. The standard InChI is InChI=1S/C10H14O2/c11-8-3-6-10(7-4-8)5-1-2-9(10)12/h3,6,9,12H,1-2,4-5,7H2. The molecule has 0 aromatic rings. The number of aliphatic hydroxyl groups is 1. The minimum Gasteiger partial charge on any atom is -0.392 e. The van der Waals surface area contributed by atoms with Gasteiger partial charge in [-0.05, 0) is 31.8 Å². The Kier molecular flexibility index (Phi) is 1.80. The van der Waals surface area contributed by atoms with Crippen molar-refractivity contribution in [3.05, 3.63) is 12.2 Å². The van der Waals surface area contributed by atoms with Crippen LogP contribution in [0, 0.1) is 5.41 Å². The van der Waals surface area contributed by atoms with Crippen LogP contribution in [0.5, 0.6) is 0 Å². The largest absolute Gasteiger partial charge is 0.392 e. The lowest BCUT2D eigenvalue weighted by Gasteiger charge is -2.31. The molecular weight excluding hydrogens is 152 g/mol. The zero-order chi connectivity index (χ0) is 8.60. The monoisotopic (exact) mass is 166 g/mol. The maximum Gasteiger partial charge on any atom is 0.155 e. The number of allylic oxidation sites excluding steroid dienone is 1. The smallest absolute Gasteiger partial charge is 0.155 e. The van der Waals surface area contributed by atoms with Gasteiger partial charge in [0.2, 0.25) is 0 Å². The van der Waals surface area contributed by atoms with Crippen LogP contribution in [0.4, 0.5) is 0 Å². The van der Waals surface area contributed by atoms with E-state index in [1.807, 2.05) is 6.08 Å². The Morgan fingerprint density at radius 1 is 1.50 bits per heavy atom. The van der Waals surface area contributed by atoms with E-state index in [2.05, 4.69) is 0 Å². The summed E-state index contributed by atoms with van der Waals surface area (Å²) in [4.78, 5) is 10.9. The molecule has 12 heavy (non-hydrogen) atoms. The van der Waals surface area contributed by atoms with Gasteiger partial charge in [0.1, 0.15) is 0 Å². The van der Waals surface area contributed by atoms with Gasteiger partial charge in [-0.3, -0.25) is 4.79 Å². The lowest BCUT2D eigenvalue weighted by molar-refractivity contribution is -0.116. The van der Waals surface area contributed by atoms with Crippen LogP contribution in [0.2, 0.25) is 0 Å². The van der Waals surface area contributed by atoms with E-state index in [9.17, 15) is 9.90 Å². The molecule has 0 aromatic heterocycles. The molecule has 0 heterocycles. The molecule has 2 atom stereocenters. The van der Waals surface area contributed by atoms with Gasteiger partial charge in [0.25, 0.3) is 0 Å². The normalized spacial score (nSPS) is 41.1. The third kappa shape index (κ3) is 1.11. The molecule has 2 aliphatic carbocycles. The summed E-state index contributed by atoms with van der Waals surface area (Å²) < 4.78 is 0. The Morgan fingerprint density at radius 3 is 2.83 bits per heavy atom. The SMILES string of the molecule is O=C1C=CC2(CCCC2O)CC1. The second-order valence-electron chi connectivity index (χ2n) is 3.94. The molecule has 0 saturated heterocycles. The molecule has 2 unspecified atom stereocenters. The summed E-state index contributed by atoms with van der Waals surface area (Å²) in [7, 11) is 0. The first kappa shape index (κ1) is 7.99. The fraction of sp³-hybridized carbons (Fsp3) is 0.700. The molecule has 0 amide bonds. The molecule has 1 saturated carbocycles. The Morgan fingerprint density at radius 2 is 2.33 bits per heavy atom. The first-order chi connectivity index (χ1) is 5.73. The van der Waals surface area contributed by atoms with Gasteiger partial charge in [0.05, 0.1) is 6.10 Å². The number of hydrogen-bond donors (Lipinski definition) is 1. The quantitative estimate of drug-likeness (QED) is 0.591. The van der Waals surface area contributed by atoms with Crippen molar-refractivity contribution in [1.82, 2.24) is 0 Å². The van der Waals surface area contributed by atoms with Gasteiger partial charge in [-0.2, -0.15) is 0 Å². The van der Waals surface area contributed by atoms with Crippen molar-refractivity contribution in [2.75, 3.05) is 0 Å². The molecule has 2 rings (SSSR count). The highest BCUT2D eigenvalue weighted by molar-refractivity contribution is 5.90. The molecule has 2 heteroatoms. The Labute approximate surface area is 72.3 Å². The predicted molar refractivity (Wildman–Crippen MR) is 45.7 cm³/mol. The number of carbonyl (C=O) groups excluding carboxylic acids is 1. The summed E-state index contributed by atoms with van der Waals surface area (Å²) in [6.07, 6.45) is 7.91. The number of rotatable bonds is 0. The summed E-state index contributed by atoms with van der Waals surface area (Å²) in [5, 5.41) is 9.73. The van der Waals surface area contributed by atoms with Crippen molar-refractivity contribution in [1.29, 1.82) is 0 Å². The third-order valence-electron chi connectivity index (χ3n) is 3.22. The van der Waals surface area contributed by atoms with Crippen LogP contribution in [-0.2, 0) is 4.79 Å². The molecule has 1 N–H and O–H groups in total. The van der Waals surface area contributed by atoms with Crippen molar-refractivity contribution in [2.45, 2.75) is 38.2 Å². The molecule has 66 valence electrons. The Balaban J connectivity index is 2.21. The van der Waals surface area contributed by atoms with Gasteiger partial charge >= 0.3 is 0 Å². The highest BCUT2D eigenvalue weighted by Crippen LogP contribution is 2.45. The fourth-order valence-corrected chi connectivity index (χ4v) is 2.35. The predicted octanol–water partition coefficient (Wildman–Crippen LogP) is 1.44. The van der Waals surface area contributed by atoms with Gasteiger partial charge in [0.15, 0.2) is 5.78 Å². The molecule has 2 nitrogen and oxygen atoms in total. The van der Waals surface area contributed by atoms with E-state index < -0.39 is 0 Å². The molecule has 0 aliphatic heterocycles. The summed E-state index contributed by atoms with van der Waals surface area (Å²) in [6, 6.07) is 0. The lowest BCUT2D eigenvalue weighted by Crippen LogP contribution is -2.30. The van der Waals surface area contributed by atoms with Crippen LogP contribution in [0.3, 0.4) is 0 Å². The molecule has 0 aromatic carbocycles. The van der Waals surface area contributed by atoms with E-state index in [0.29, 0.717) is 6.42 Å². The molecule has 2 aliphatic rings. The third-order valence-corrected chi connectivity index (χ3v) is 3.22. The van der Waals surface area contributed by atoms with Crippen LogP contribution in [0.25, 0.3) is 0 Å². The van der Waals surface area contributed by atoms with Gasteiger partial charge in [0, 0.05) is 11.8 Å². The zero-order valence-electron chi connectivity index (χ0n) is 7.12. The average molecular weight is 166 g/mol. The number of aliphatic hydroxyl groups excluding tert-OH is 1. The van der Waals surface area contributed by atoms with Crippen LogP contribution >= 0.6 is 0 Å². The van der Waals surface area contributed by atoms with E-state index >= 15 is 0 Å². The van der Waals surface area contributed by atoms with Crippen LogP contribution in [0.1, 0.15) is 32.1 Å². The van der Waals surface area contributed by atoms with Crippen molar-refractivity contribution < 1.29 is 9.90 Å². The van der Waals surface area contributed by atoms with Crippen LogP contribution in [0.15, 0.2) is 12.2 Å².